The highest BCUT2D eigenvalue weighted by molar-refractivity contribution is 5.62. The fourth-order valence-corrected chi connectivity index (χ4v) is 0.0500. The van der Waals surface area contributed by atoms with Crippen molar-refractivity contribution in [3.8, 4) is 6.07 Å². The molecule has 0 amide bonds. The van der Waals surface area contributed by atoms with Crippen LogP contribution < -0.4 is 0 Å². The van der Waals surface area contributed by atoms with Gasteiger partial charge in [0, 0.05) is 6.92 Å². The Morgan fingerprint density at radius 1 is 1.78 bits per heavy atom. The van der Waals surface area contributed by atoms with Crippen LogP contribution in [0.3, 0.4) is 0 Å². The molecule has 0 aliphatic carbocycles. The number of aliphatic hydroxyl groups excluding tert-OH is 1. The van der Waals surface area contributed by atoms with Gasteiger partial charge in [-0.1, -0.05) is 0 Å². The van der Waals surface area contributed by atoms with Crippen LogP contribution in [0.5, 0.6) is 0 Å². The summed E-state index contributed by atoms with van der Waals surface area (Å²) in [7, 11) is 0. The van der Waals surface area contributed by atoms with Gasteiger partial charge >= 0.3 is 0 Å². The molecule has 0 fully saturated rings. The van der Waals surface area contributed by atoms with Crippen LogP contribution in [0.4, 0.5) is 0 Å². The lowest BCUT2D eigenvalue weighted by Gasteiger charge is -1.67. The molecule has 0 heterocycles. The molecular weight excluding hydrogens is 122 g/mol. The second-order valence-corrected chi connectivity index (χ2v) is 1.15. The summed E-state index contributed by atoms with van der Waals surface area (Å²) in [6.45, 7) is 1.07. The molecule has 0 saturated carbocycles. The molecule has 0 aromatic rings. The number of hydrogen-bond donors (Lipinski definition) is 2. The van der Waals surface area contributed by atoms with Crippen molar-refractivity contribution in [2.75, 3.05) is 6.61 Å². The van der Waals surface area contributed by atoms with Crippen molar-refractivity contribution >= 4 is 5.97 Å². The highest BCUT2D eigenvalue weighted by atomic mass is 16.4. The monoisotopic (exact) mass is 131 g/mol. The third kappa shape index (κ3) is 198. The first-order valence-corrected chi connectivity index (χ1v) is 2.32. The summed E-state index contributed by atoms with van der Waals surface area (Å²) in [5.41, 5.74) is 0. The Kier molecular flexibility index (Phi) is 12.0. The van der Waals surface area contributed by atoms with Gasteiger partial charge in [-0.15, -0.1) is 0 Å². The van der Waals surface area contributed by atoms with Gasteiger partial charge in [-0.25, -0.2) is 0 Å². The lowest BCUT2D eigenvalue weighted by atomic mass is 10.5. The minimum absolute atomic E-state index is 0.0174. The fourth-order valence-electron chi connectivity index (χ4n) is 0.0500. The van der Waals surface area contributed by atoms with Gasteiger partial charge in [0.2, 0.25) is 0 Å². The van der Waals surface area contributed by atoms with E-state index in [9.17, 15) is 0 Å². The first-order valence-electron chi connectivity index (χ1n) is 2.32. The van der Waals surface area contributed by atoms with E-state index in [1.165, 1.54) is 0 Å². The number of nitrogens with zero attached hydrogens (tertiary/aromatic N) is 1. The summed E-state index contributed by atoms with van der Waals surface area (Å²) in [5.74, 6) is -0.833. The number of aliphatic carboxylic acids is 1. The number of nitriles is 1. The molecule has 0 spiro atoms. The molecule has 0 aliphatic heterocycles. The van der Waals surface area contributed by atoms with Gasteiger partial charge in [-0.3, -0.25) is 4.79 Å². The average molecular weight is 131 g/mol. The van der Waals surface area contributed by atoms with Crippen LogP contribution in [0.2, 0.25) is 0 Å². The smallest absolute Gasteiger partial charge is 0.300 e. The second kappa shape index (κ2) is 10.0. The van der Waals surface area contributed by atoms with Crippen LogP contribution in [0.25, 0.3) is 0 Å². The first-order chi connectivity index (χ1) is 4.15. The second-order valence-electron chi connectivity index (χ2n) is 1.15. The van der Waals surface area contributed by atoms with Gasteiger partial charge in [-0.05, 0) is 0 Å². The van der Waals surface area contributed by atoms with E-state index < -0.39 is 5.97 Å². The van der Waals surface area contributed by atoms with E-state index in [0.29, 0.717) is 0 Å². The minimum Gasteiger partial charge on any atom is -0.481 e. The number of hydrogen-bond acceptors (Lipinski definition) is 3. The van der Waals surface area contributed by atoms with E-state index in [4.69, 9.17) is 20.3 Å². The van der Waals surface area contributed by atoms with Gasteiger partial charge in [0.1, 0.15) is 0 Å². The maximum absolute atomic E-state index is 9.00. The summed E-state index contributed by atoms with van der Waals surface area (Å²) < 4.78 is 0. The zero-order valence-electron chi connectivity index (χ0n) is 5.16. The molecule has 2 N–H and O–H groups in total. The Morgan fingerprint density at radius 2 is 2.11 bits per heavy atom. The average Bonchev–Trinajstić information content (AvgIpc) is 1.66. The van der Waals surface area contributed by atoms with Crippen molar-refractivity contribution < 1.29 is 15.0 Å². The molecule has 0 saturated heterocycles. The van der Waals surface area contributed by atoms with Crippen LogP contribution in [-0.4, -0.2) is 22.8 Å². The Balaban J connectivity index is 0. The van der Waals surface area contributed by atoms with Crippen LogP contribution in [0.15, 0.2) is 0 Å². The SMILES string of the molecule is CC(=O)O.N#CCCO. The zero-order chi connectivity index (χ0) is 7.70. The van der Waals surface area contributed by atoms with Gasteiger partial charge in [0.15, 0.2) is 0 Å². The number of aliphatic hydroxyl groups is 1. The predicted molar refractivity (Wildman–Crippen MR) is 30.6 cm³/mol. The normalized spacial score (nSPS) is 6.33. The van der Waals surface area contributed by atoms with Gasteiger partial charge in [0.05, 0.1) is 19.1 Å². The van der Waals surface area contributed by atoms with E-state index in [-0.39, 0.29) is 13.0 Å². The van der Waals surface area contributed by atoms with Crippen molar-refractivity contribution in [1.82, 2.24) is 0 Å². The van der Waals surface area contributed by atoms with Crippen molar-refractivity contribution in [1.29, 1.82) is 5.26 Å². The predicted octanol–water partition coefficient (Wildman–Crippen LogP) is -0.0167. The summed E-state index contributed by atoms with van der Waals surface area (Å²) >= 11 is 0. The number of rotatable bonds is 1. The molecule has 4 nitrogen and oxygen atoms in total. The summed E-state index contributed by atoms with van der Waals surface area (Å²) in [5, 5.41) is 22.9. The van der Waals surface area contributed by atoms with Crippen molar-refractivity contribution in [2.24, 2.45) is 0 Å². The molecule has 0 radical (unpaired) electrons. The molecule has 0 bridgehead atoms. The Bertz CT molecular complexity index is 101. The summed E-state index contributed by atoms with van der Waals surface area (Å²) in [6, 6.07) is 1.77. The van der Waals surface area contributed by atoms with Crippen LogP contribution >= 0.6 is 0 Å². The van der Waals surface area contributed by atoms with E-state index >= 15 is 0 Å². The quantitative estimate of drug-likeness (QED) is 0.524. The highest BCUT2D eigenvalue weighted by Crippen LogP contribution is 1.62. The standard InChI is InChI=1S/C3H5NO.C2H4O2/c4-2-1-3-5;1-2(3)4/h5H,1,3H2;1H3,(H,3,4). The molecule has 52 valence electrons. The van der Waals surface area contributed by atoms with Crippen LogP contribution in [-0.2, 0) is 4.79 Å². The third-order valence-electron chi connectivity index (χ3n) is 0.224. The van der Waals surface area contributed by atoms with E-state index in [2.05, 4.69) is 0 Å². The van der Waals surface area contributed by atoms with E-state index in [1.807, 2.05) is 0 Å². The van der Waals surface area contributed by atoms with Gasteiger partial charge in [-0.2, -0.15) is 5.26 Å². The number of carboxylic acids is 1. The molecule has 4 heteroatoms. The molecule has 9 heavy (non-hydrogen) atoms. The zero-order valence-corrected chi connectivity index (χ0v) is 5.16. The molecular formula is C5H9NO3. The highest BCUT2D eigenvalue weighted by Gasteiger charge is 1.66. The van der Waals surface area contributed by atoms with E-state index in [0.717, 1.165) is 6.92 Å². The van der Waals surface area contributed by atoms with Crippen LogP contribution in [0.1, 0.15) is 13.3 Å². The Morgan fingerprint density at radius 3 is 2.11 bits per heavy atom. The lowest BCUT2D eigenvalue weighted by Crippen LogP contribution is -1.78. The first kappa shape index (κ1) is 10.8. The number of carbonyl (C=O) groups is 1. The van der Waals surface area contributed by atoms with Gasteiger partial charge in [0.25, 0.3) is 5.97 Å². The topological polar surface area (TPSA) is 81.3 Å². The molecule has 0 atom stereocenters. The summed E-state index contributed by atoms with van der Waals surface area (Å²) in [4.78, 5) is 9.00. The third-order valence-corrected chi connectivity index (χ3v) is 0.224. The maximum Gasteiger partial charge on any atom is 0.300 e. The Hall–Kier alpha value is -1.08. The van der Waals surface area contributed by atoms with E-state index in [1.54, 1.807) is 6.07 Å². The largest absolute Gasteiger partial charge is 0.481 e. The Labute approximate surface area is 53.3 Å². The fraction of sp³-hybridized carbons (Fsp3) is 0.600. The summed E-state index contributed by atoms with van der Waals surface area (Å²) in [6.07, 6.45) is 0.250. The van der Waals surface area contributed by atoms with Crippen molar-refractivity contribution in [2.45, 2.75) is 13.3 Å². The molecule has 0 aliphatic rings. The van der Waals surface area contributed by atoms with Crippen LogP contribution in [0, 0.1) is 11.3 Å². The molecule has 0 unspecified atom stereocenters. The maximum atomic E-state index is 9.00. The molecule has 0 aromatic carbocycles. The van der Waals surface area contributed by atoms with Gasteiger partial charge < -0.3 is 10.2 Å². The van der Waals surface area contributed by atoms with Crippen molar-refractivity contribution in [3.05, 3.63) is 0 Å². The number of carboxylic acid groups (broad SMARTS) is 1. The molecule has 0 rings (SSSR count). The minimum atomic E-state index is -0.833. The lowest BCUT2D eigenvalue weighted by molar-refractivity contribution is -0.134. The molecule has 0 aromatic heterocycles. The van der Waals surface area contributed by atoms with Crippen molar-refractivity contribution in [3.63, 3.8) is 0 Å².